The van der Waals surface area contributed by atoms with Crippen LogP contribution in [0.4, 0.5) is 5.69 Å². The molecular formula is C14H13Cl2NO2S. The summed E-state index contributed by atoms with van der Waals surface area (Å²) >= 11 is 13.4. The minimum atomic E-state index is -0.565. The van der Waals surface area contributed by atoms with Crippen LogP contribution in [-0.2, 0) is 9.53 Å². The number of benzene rings is 1. The second kappa shape index (κ2) is 6.97. The molecule has 1 unspecified atom stereocenters. The van der Waals surface area contributed by atoms with Crippen LogP contribution in [0.3, 0.4) is 0 Å². The summed E-state index contributed by atoms with van der Waals surface area (Å²) in [6.07, 6.45) is 0. The van der Waals surface area contributed by atoms with Gasteiger partial charge in [0.05, 0.1) is 6.61 Å². The summed E-state index contributed by atoms with van der Waals surface area (Å²) in [4.78, 5) is 12.9. The van der Waals surface area contributed by atoms with Crippen molar-refractivity contribution in [1.82, 2.24) is 0 Å². The molecule has 0 saturated carbocycles. The second-order valence-electron chi connectivity index (χ2n) is 4.00. The zero-order valence-corrected chi connectivity index (χ0v) is 13.1. The molecule has 0 bridgehead atoms. The molecule has 0 aliphatic carbocycles. The molecule has 0 fully saturated rings. The molecule has 0 amide bonds. The fraction of sp³-hybridized carbons (Fsp3) is 0.214. The van der Waals surface area contributed by atoms with Gasteiger partial charge in [0.15, 0.2) is 6.04 Å². The van der Waals surface area contributed by atoms with E-state index in [0.717, 1.165) is 4.88 Å². The first-order valence-electron chi connectivity index (χ1n) is 6.03. The normalized spacial score (nSPS) is 11.9. The molecule has 6 heteroatoms. The van der Waals surface area contributed by atoms with Gasteiger partial charge in [0.2, 0.25) is 0 Å². The Hall–Kier alpha value is -1.23. The molecule has 1 heterocycles. The Balaban J connectivity index is 2.25. The van der Waals surface area contributed by atoms with Gasteiger partial charge in [-0.1, -0.05) is 29.3 Å². The molecule has 0 spiro atoms. The van der Waals surface area contributed by atoms with Gasteiger partial charge in [0, 0.05) is 20.6 Å². The monoisotopic (exact) mass is 329 g/mol. The van der Waals surface area contributed by atoms with E-state index in [4.69, 9.17) is 27.9 Å². The zero-order chi connectivity index (χ0) is 14.5. The topological polar surface area (TPSA) is 38.3 Å². The highest BCUT2D eigenvalue weighted by molar-refractivity contribution is 7.10. The van der Waals surface area contributed by atoms with Crippen molar-refractivity contribution < 1.29 is 9.53 Å². The van der Waals surface area contributed by atoms with E-state index in [1.54, 1.807) is 25.1 Å². The van der Waals surface area contributed by atoms with Gasteiger partial charge in [0.1, 0.15) is 0 Å². The lowest BCUT2D eigenvalue weighted by Gasteiger charge is -2.17. The van der Waals surface area contributed by atoms with E-state index >= 15 is 0 Å². The Morgan fingerprint density at radius 3 is 2.60 bits per heavy atom. The SMILES string of the molecule is CCOC(=O)C(Nc1cc(Cl)cc(Cl)c1)c1cccs1. The zero-order valence-electron chi connectivity index (χ0n) is 10.7. The summed E-state index contributed by atoms with van der Waals surface area (Å²) in [6.45, 7) is 2.11. The summed E-state index contributed by atoms with van der Waals surface area (Å²) in [7, 11) is 0. The van der Waals surface area contributed by atoms with Gasteiger partial charge in [-0.15, -0.1) is 11.3 Å². The summed E-state index contributed by atoms with van der Waals surface area (Å²) < 4.78 is 5.10. The molecule has 0 saturated heterocycles. The standard InChI is InChI=1S/C14H13Cl2NO2S/c1-2-19-14(18)13(12-4-3-5-20-12)17-11-7-9(15)6-10(16)8-11/h3-8,13,17H,2H2,1H3. The van der Waals surface area contributed by atoms with Crippen molar-refractivity contribution in [2.24, 2.45) is 0 Å². The van der Waals surface area contributed by atoms with Crippen LogP contribution in [0, 0.1) is 0 Å². The summed E-state index contributed by atoms with van der Waals surface area (Å²) in [5.74, 6) is -0.328. The predicted molar refractivity (Wildman–Crippen MR) is 83.8 cm³/mol. The van der Waals surface area contributed by atoms with Crippen LogP contribution in [-0.4, -0.2) is 12.6 Å². The molecule has 1 atom stereocenters. The Labute approximate surface area is 131 Å². The van der Waals surface area contributed by atoms with Gasteiger partial charge in [0.25, 0.3) is 0 Å². The molecule has 20 heavy (non-hydrogen) atoms. The molecule has 2 aromatic rings. The molecule has 0 radical (unpaired) electrons. The molecule has 0 aliphatic heterocycles. The van der Waals surface area contributed by atoms with Gasteiger partial charge >= 0.3 is 5.97 Å². The minimum Gasteiger partial charge on any atom is -0.464 e. The number of hydrogen-bond donors (Lipinski definition) is 1. The fourth-order valence-corrected chi connectivity index (χ4v) is 3.02. The van der Waals surface area contributed by atoms with Crippen molar-refractivity contribution >= 4 is 46.2 Å². The lowest BCUT2D eigenvalue weighted by molar-refractivity contribution is -0.144. The highest BCUT2D eigenvalue weighted by atomic mass is 35.5. The van der Waals surface area contributed by atoms with Crippen molar-refractivity contribution in [2.75, 3.05) is 11.9 Å². The number of rotatable bonds is 5. The van der Waals surface area contributed by atoms with E-state index in [9.17, 15) is 4.79 Å². The highest BCUT2D eigenvalue weighted by Gasteiger charge is 2.23. The largest absolute Gasteiger partial charge is 0.464 e. The van der Waals surface area contributed by atoms with Crippen LogP contribution in [0.1, 0.15) is 17.8 Å². The summed E-state index contributed by atoms with van der Waals surface area (Å²) in [6, 6.07) is 8.27. The van der Waals surface area contributed by atoms with E-state index in [1.807, 2.05) is 17.5 Å². The highest BCUT2D eigenvalue weighted by Crippen LogP contribution is 2.28. The molecule has 1 aromatic carbocycles. The van der Waals surface area contributed by atoms with Crippen LogP contribution in [0.5, 0.6) is 0 Å². The van der Waals surface area contributed by atoms with Gasteiger partial charge in [-0.3, -0.25) is 0 Å². The predicted octanol–water partition coefficient (Wildman–Crippen LogP) is 4.77. The van der Waals surface area contributed by atoms with Crippen molar-refractivity contribution in [3.8, 4) is 0 Å². The number of ether oxygens (including phenoxy) is 1. The molecule has 1 aromatic heterocycles. The first-order valence-corrected chi connectivity index (χ1v) is 7.66. The van der Waals surface area contributed by atoms with E-state index in [2.05, 4.69) is 5.32 Å². The number of nitrogens with one attached hydrogen (secondary N) is 1. The molecule has 106 valence electrons. The quantitative estimate of drug-likeness (QED) is 0.803. The smallest absolute Gasteiger partial charge is 0.334 e. The van der Waals surface area contributed by atoms with Gasteiger partial charge in [-0.25, -0.2) is 4.79 Å². The fourth-order valence-electron chi connectivity index (χ4n) is 1.73. The number of carbonyl (C=O) groups is 1. The van der Waals surface area contributed by atoms with Crippen molar-refractivity contribution in [2.45, 2.75) is 13.0 Å². The Kier molecular flexibility index (Phi) is 5.29. The van der Waals surface area contributed by atoms with E-state index < -0.39 is 6.04 Å². The van der Waals surface area contributed by atoms with Gasteiger partial charge in [-0.05, 0) is 36.6 Å². The number of hydrogen-bond acceptors (Lipinski definition) is 4. The summed E-state index contributed by atoms with van der Waals surface area (Å²) in [5.41, 5.74) is 0.675. The van der Waals surface area contributed by atoms with E-state index in [1.165, 1.54) is 11.3 Å². The van der Waals surface area contributed by atoms with E-state index in [0.29, 0.717) is 22.3 Å². The molecule has 1 N–H and O–H groups in total. The minimum absolute atomic E-state index is 0.328. The van der Waals surface area contributed by atoms with Gasteiger partial charge in [-0.2, -0.15) is 0 Å². The van der Waals surface area contributed by atoms with Crippen LogP contribution in [0.15, 0.2) is 35.7 Å². The van der Waals surface area contributed by atoms with E-state index in [-0.39, 0.29) is 5.97 Å². The van der Waals surface area contributed by atoms with Crippen LogP contribution in [0.2, 0.25) is 10.0 Å². The van der Waals surface area contributed by atoms with Crippen molar-refractivity contribution in [1.29, 1.82) is 0 Å². The van der Waals surface area contributed by atoms with Crippen molar-refractivity contribution in [3.63, 3.8) is 0 Å². The van der Waals surface area contributed by atoms with Crippen LogP contribution >= 0.6 is 34.5 Å². The lowest BCUT2D eigenvalue weighted by atomic mass is 10.2. The average molecular weight is 330 g/mol. The number of halogens is 2. The third-order valence-corrected chi connectivity index (χ3v) is 3.90. The molecule has 2 rings (SSSR count). The number of anilines is 1. The maximum atomic E-state index is 12.1. The van der Waals surface area contributed by atoms with Crippen molar-refractivity contribution in [3.05, 3.63) is 50.6 Å². The maximum absolute atomic E-state index is 12.1. The Morgan fingerprint density at radius 2 is 2.05 bits per heavy atom. The lowest BCUT2D eigenvalue weighted by Crippen LogP contribution is -2.22. The third-order valence-electron chi connectivity index (χ3n) is 2.52. The third kappa shape index (κ3) is 3.88. The van der Waals surface area contributed by atoms with Gasteiger partial charge < -0.3 is 10.1 Å². The first-order chi connectivity index (χ1) is 9.60. The maximum Gasteiger partial charge on any atom is 0.334 e. The number of esters is 1. The molecular weight excluding hydrogens is 317 g/mol. The molecule has 3 nitrogen and oxygen atoms in total. The first kappa shape index (κ1) is 15.2. The average Bonchev–Trinajstić information content (AvgIpc) is 2.88. The number of thiophene rings is 1. The second-order valence-corrected chi connectivity index (χ2v) is 5.86. The summed E-state index contributed by atoms with van der Waals surface area (Å²) in [5, 5.41) is 6.04. The number of carbonyl (C=O) groups excluding carboxylic acids is 1. The molecule has 0 aliphatic rings. The Bertz CT molecular complexity index is 567. The van der Waals surface area contributed by atoms with Crippen LogP contribution < -0.4 is 5.32 Å². The Morgan fingerprint density at radius 1 is 1.35 bits per heavy atom. The van der Waals surface area contributed by atoms with Crippen LogP contribution in [0.25, 0.3) is 0 Å².